The van der Waals surface area contributed by atoms with Crippen LogP contribution in [-0.4, -0.2) is 23.3 Å². The van der Waals surface area contributed by atoms with E-state index in [4.69, 9.17) is 14.0 Å². The first kappa shape index (κ1) is 13.8. The van der Waals surface area contributed by atoms with E-state index in [2.05, 4.69) is 18.8 Å². The van der Waals surface area contributed by atoms with E-state index in [0.29, 0.717) is 6.61 Å². The van der Waals surface area contributed by atoms with Crippen LogP contribution in [0.3, 0.4) is 0 Å². The Morgan fingerprint density at radius 2 is 1.86 bits per heavy atom. The molecule has 2 fully saturated rings. The molecule has 2 aromatic rings. The van der Waals surface area contributed by atoms with Gasteiger partial charge in [0.05, 0.1) is 17.4 Å². The molecule has 2 aliphatic rings. The van der Waals surface area contributed by atoms with Gasteiger partial charge in [0.2, 0.25) is 0 Å². The Morgan fingerprint density at radius 3 is 2.59 bits per heavy atom. The van der Waals surface area contributed by atoms with E-state index in [1.165, 1.54) is 0 Å². The Morgan fingerprint density at radius 1 is 1.14 bits per heavy atom. The standard InChI is InChI=1S/C17H18BNO3/c1-16-12-17(16,2)22-18(21-16)14-8-15(10-19-9-14)20-11-13-6-4-3-5-7-13/h3-10H,11-12H2,1-2H3. The monoisotopic (exact) mass is 295 g/mol. The van der Waals surface area contributed by atoms with Crippen LogP contribution in [0.15, 0.2) is 48.8 Å². The number of rotatable bonds is 4. The van der Waals surface area contributed by atoms with Crippen molar-refractivity contribution in [3.63, 3.8) is 0 Å². The average molecular weight is 295 g/mol. The lowest BCUT2D eigenvalue weighted by molar-refractivity contribution is 0.187. The summed E-state index contributed by atoms with van der Waals surface area (Å²) in [4.78, 5) is 4.24. The number of benzene rings is 1. The fraction of sp³-hybridized carbons (Fsp3) is 0.353. The lowest BCUT2D eigenvalue weighted by Crippen LogP contribution is -2.36. The predicted octanol–water partition coefficient (Wildman–Crippen LogP) is 2.32. The maximum Gasteiger partial charge on any atom is 0.496 e. The Hall–Kier alpha value is -1.85. The van der Waals surface area contributed by atoms with E-state index in [1.807, 2.05) is 36.4 Å². The van der Waals surface area contributed by atoms with Crippen LogP contribution >= 0.6 is 0 Å². The number of hydrogen-bond acceptors (Lipinski definition) is 4. The zero-order valence-electron chi connectivity index (χ0n) is 12.8. The molecule has 2 unspecified atom stereocenters. The minimum atomic E-state index is -0.350. The molecule has 1 aromatic heterocycles. The number of pyridine rings is 1. The van der Waals surface area contributed by atoms with Crippen LogP contribution in [0, 0.1) is 0 Å². The van der Waals surface area contributed by atoms with Gasteiger partial charge in [-0.3, -0.25) is 4.98 Å². The minimum absolute atomic E-state index is 0.154. The molecule has 1 aliphatic heterocycles. The SMILES string of the molecule is CC12CC1(C)OB(c1cncc(OCc3ccccc3)c1)O2. The molecule has 0 spiro atoms. The Balaban J connectivity index is 1.45. The smallest absolute Gasteiger partial charge is 0.487 e. The van der Waals surface area contributed by atoms with Crippen LogP contribution in [0.5, 0.6) is 5.75 Å². The second kappa shape index (κ2) is 4.83. The van der Waals surface area contributed by atoms with Crippen LogP contribution in [0.2, 0.25) is 0 Å². The summed E-state index contributed by atoms with van der Waals surface area (Å²) in [7, 11) is -0.350. The van der Waals surface area contributed by atoms with E-state index < -0.39 is 0 Å². The highest BCUT2D eigenvalue weighted by Crippen LogP contribution is 2.58. The van der Waals surface area contributed by atoms with Crippen molar-refractivity contribution in [1.82, 2.24) is 4.98 Å². The third-order valence-electron chi connectivity index (χ3n) is 4.66. The molecule has 1 aliphatic carbocycles. The van der Waals surface area contributed by atoms with E-state index in [-0.39, 0.29) is 18.3 Å². The molecule has 0 N–H and O–H groups in total. The lowest BCUT2D eigenvalue weighted by Gasteiger charge is -2.12. The summed E-state index contributed by atoms with van der Waals surface area (Å²) in [6.45, 7) is 4.71. The zero-order chi connectivity index (χ0) is 15.2. The largest absolute Gasteiger partial charge is 0.496 e. The molecular weight excluding hydrogens is 277 g/mol. The molecule has 0 radical (unpaired) electrons. The van der Waals surface area contributed by atoms with Crippen molar-refractivity contribution in [1.29, 1.82) is 0 Å². The Kier molecular flexibility index (Phi) is 3.03. The summed E-state index contributed by atoms with van der Waals surface area (Å²) < 4.78 is 17.8. The van der Waals surface area contributed by atoms with Crippen molar-refractivity contribution < 1.29 is 14.0 Å². The minimum Gasteiger partial charge on any atom is -0.487 e. The van der Waals surface area contributed by atoms with Crippen LogP contribution in [0.4, 0.5) is 0 Å². The molecule has 0 bridgehead atoms. The first-order valence-corrected chi connectivity index (χ1v) is 7.55. The summed E-state index contributed by atoms with van der Waals surface area (Å²) >= 11 is 0. The number of aromatic nitrogens is 1. The maximum absolute atomic E-state index is 6.01. The molecule has 1 aromatic carbocycles. The van der Waals surface area contributed by atoms with E-state index >= 15 is 0 Å². The third kappa shape index (κ3) is 2.30. The van der Waals surface area contributed by atoms with E-state index in [9.17, 15) is 0 Å². The fourth-order valence-corrected chi connectivity index (χ4v) is 2.95. The van der Waals surface area contributed by atoms with Gasteiger partial charge in [-0.25, -0.2) is 0 Å². The molecule has 5 heteroatoms. The normalized spacial score (nSPS) is 29.3. The predicted molar refractivity (Wildman–Crippen MR) is 84.0 cm³/mol. The summed E-state index contributed by atoms with van der Waals surface area (Å²) in [5, 5.41) is 0. The van der Waals surface area contributed by atoms with Crippen molar-refractivity contribution in [3.8, 4) is 5.75 Å². The second-order valence-electron chi connectivity index (χ2n) is 6.43. The molecular formula is C17H18BNO3. The van der Waals surface area contributed by atoms with Crippen LogP contribution in [-0.2, 0) is 15.9 Å². The van der Waals surface area contributed by atoms with Gasteiger partial charge in [-0.1, -0.05) is 30.3 Å². The van der Waals surface area contributed by atoms with Crippen LogP contribution in [0.1, 0.15) is 25.8 Å². The lowest BCUT2D eigenvalue weighted by atomic mass is 9.80. The Bertz CT molecular complexity index is 679. The molecule has 1 saturated heterocycles. The van der Waals surface area contributed by atoms with Crippen molar-refractivity contribution in [2.75, 3.05) is 0 Å². The number of ether oxygens (including phenoxy) is 1. The highest BCUT2D eigenvalue weighted by molar-refractivity contribution is 6.62. The number of fused-ring (bicyclic) bond motifs is 1. The first-order chi connectivity index (χ1) is 10.6. The fourth-order valence-electron chi connectivity index (χ4n) is 2.95. The highest BCUT2D eigenvalue weighted by atomic mass is 16.7. The van der Waals surface area contributed by atoms with Gasteiger partial charge < -0.3 is 14.0 Å². The zero-order valence-corrected chi connectivity index (χ0v) is 12.8. The van der Waals surface area contributed by atoms with Crippen molar-refractivity contribution in [2.24, 2.45) is 0 Å². The maximum atomic E-state index is 6.01. The Labute approximate surface area is 130 Å². The van der Waals surface area contributed by atoms with Gasteiger partial charge in [0.25, 0.3) is 0 Å². The molecule has 4 rings (SSSR count). The van der Waals surface area contributed by atoms with Crippen molar-refractivity contribution in [2.45, 2.75) is 38.1 Å². The van der Waals surface area contributed by atoms with Gasteiger partial charge >= 0.3 is 7.12 Å². The topological polar surface area (TPSA) is 40.6 Å². The third-order valence-corrected chi connectivity index (χ3v) is 4.66. The van der Waals surface area contributed by atoms with Crippen molar-refractivity contribution in [3.05, 3.63) is 54.4 Å². The van der Waals surface area contributed by atoms with E-state index in [1.54, 1.807) is 12.4 Å². The van der Waals surface area contributed by atoms with Gasteiger partial charge in [0.1, 0.15) is 12.4 Å². The van der Waals surface area contributed by atoms with Gasteiger partial charge in [0, 0.05) is 18.1 Å². The summed E-state index contributed by atoms with van der Waals surface area (Å²) in [6, 6.07) is 12.0. The average Bonchev–Trinajstić information content (AvgIpc) is 2.95. The number of hydrogen-bond donors (Lipinski definition) is 0. The number of nitrogens with zero attached hydrogens (tertiary/aromatic N) is 1. The van der Waals surface area contributed by atoms with Gasteiger partial charge in [0.15, 0.2) is 0 Å². The van der Waals surface area contributed by atoms with Crippen LogP contribution < -0.4 is 10.2 Å². The first-order valence-electron chi connectivity index (χ1n) is 7.55. The van der Waals surface area contributed by atoms with Gasteiger partial charge in [-0.05, 0) is 25.5 Å². The molecule has 22 heavy (non-hydrogen) atoms. The summed E-state index contributed by atoms with van der Waals surface area (Å²) in [5.74, 6) is 0.726. The molecule has 0 amide bonds. The van der Waals surface area contributed by atoms with Gasteiger partial charge in [-0.15, -0.1) is 0 Å². The summed E-state index contributed by atoms with van der Waals surface area (Å²) in [6.07, 6.45) is 4.44. The molecule has 112 valence electrons. The second-order valence-corrected chi connectivity index (χ2v) is 6.43. The molecule has 2 heterocycles. The van der Waals surface area contributed by atoms with Crippen molar-refractivity contribution >= 4 is 12.6 Å². The quantitative estimate of drug-likeness (QED) is 0.812. The molecule has 1 saturated carbocycles. The van der Waals surface area contributed by atoms with Crippen LogP contribution in [0.25, 0.3) is 0 Å². The van der Waals surface area contributed by atoms with Gasteiger partial charge in [-0.2, -0.15) is 0 Å². The summed E-state index contributed by atoms with van der Waals surface area (Å²) in [5.41, 5.74) is 1.72. The highest BCUT2D eigenvalue weighted by Gasteiger charge is 2.71. The molecule has 2 atom stereocenters. The van der Waals surface area contributed by atoms with E-state index in [0.717, 1.165) is 23.2 Å². The molecule has 4 nitrogen and oxygen atoms in total.